The van der Waals surface area contributed by atoms with Crippen molar-refractivity contribution in [3.8, 4) is 10.4 Å². The third-order valence-electron chi connectivity index (χ3n) is 5.63. The van der Waals surface area contributed by atoms with Gasteiger partial charge < -0.3 is 14.9 Å². The van der Waals surface area contributed by atoms with Gasteiger partial charge in [-0.1, -0.05) is 23.7 Å². The maximum absolute atomic E-state index is 14.2. The van der Waals surface area contributed by atoms with E-state index in [0.29, 0.717) is 38.7 Å². The summed E-state index contributed by atoms with van der Waals surface area (Å²) in [5.41, 5.74) is 2.00. The molecular formula is C26H25ClN3O5PS. The molecule has 1 aromatic heterocycles. The summed E-state index contributed by atoms with van der Waals surface area (Å²) in [7, 11) is -2.34. The first kappa shape index (κ1) is 26.8. The summed E-state index contributed by atoms with van der Waals surface area (Å²) in [5, 5.41) is 13.7. The smallest absolute Gasteiger partial charge is 0.348 e. The van der Waals surface area contributed by atoms with Crippen LogP contribution in [-0.2, 0) is 13.9 Å². The number of nitrogens with one attached hydrogen (secondary N) is 1. The molecule has 0 bridgehead atoms. The summed E-state index contributed by atoms with van der Waals surface area (Å²) in [4.78, 5) is 29.3. The van der Waals surface area contributed by atoms with Crippen LogP contribution in [0.25, 0.3) is 10.4 Å². The Morgan fingerprint density at radius 2 is 1.84 bits per heavy atom. The topological polar surface area (TPSA) is 108 Å². The number of aliphatic imine (C=N–C) groups is 1. The van der Waals surface area contributed by atoms with Gasteiger partial charge in [-0.15, -0.1) is 11.3 Å². The highest BCUT2D eigenvalue weighted by Crippen LogP contribution is 2.55. The summed E-state index contributed by atoms with van der Waals surface area (Å²) in [6, 6.07) is 14.9. The van der Waals surface area contributed by atoms with Crippen LogP contribution in [0, 0.1) is 0 Å². The highest BCUT2D eigenvalue weighted by atomic mass is 35.5. The number of halogens is 1. The van der Waals surface area contributed by atoms with Crippen LogP contribution in [0.4, 0.5) is 11.4 Å². The first-order chi connectivity index (χ1) is 17.6. The molecule has 1 atom stereocenters. The van der Waals surface area contributed by atoms with Crippen molar-refractivity contribution in [3.05, 3.63) is 76.3 Å². The number of hydrogen-bond donors (Lipinski definition) is 2. The number of rotatable bonds is 9. The Hall–Kier alpha value is -3.23. The van der Waals surface area contributed by atoms with E-state index in [-0.39, 0.29) is 16.8 Å². The number of carboxylic acid groups (broad SMARTS) is 1. The van der Waals surface area contributed by atoms with E-state index in [9.17, 15) is 19.3 Å². The van der Waals surface area contributed by atoms with E-state index in [1.54, 1.807) is 66.9 Å². The number of carbonyl (C=O) groups is 2. The third-order valence-corrected chi connectivity index (χ3v) is 9.74. The first-order valence-corrected chi connectivity index (χ1v) is 14.1. The number of amides is 1. The van der Waals surface area contributed by atoms with E-state index in [2.05, 4.69) is 10.3 Å². The Labute approximate surface area is 223 Å². The Morgan fingerprint density at radius 1 is 1.16 bits per heavy atom. The van der Waals surface area contributed by atoms with Crippen LogP contribution >= 0.6 is 30.5 Å². The predicted molar refractivity (Wildman–Crippen MR) is 150 cm³/mol. The number of anilines is 2. The maximum Gasteiger partial charge on any atom is 0.348 e. The van der Waals surface area contributed by atoms with Crippen LogP contribution in [0.2, 0.25) is 5.02 Å². The van der Waals surface area contributed by atoms with E-state index in [0.717, 1.165) is 16.9 Å². The molecular weight excluding hydrogens is 533 g/mol. The van der Waals surface area contributed by atoms with Gasteiger partial charge in [-0.2, -0.15) is 0 Å². The van der Waals surface area contributed by atoms with Crippen molar-refractivity contribution in [2.45, 2.75) is 26.3 Å². The highest BCUT2D eigenvalue weighted by Gasteiger charge is 2.38. The lowest BCUT2D eigenvalue weighted by atomic mass is 10.1. The average molecular weight is 558 g/mol. The molecule has 0 radical (unpaired) electrons. The number of carboxylic acids is 1. The number of benzene rings is 2. The lowest BCUT2D eigenvalue weighted by Gasteiger charge is -2.35. The van der Waals surface area contributed by atoms with Gasteiger partial charge in [0.15, 0.2) is 0 Å². The van der Waals surface area contributed by atoms with Crippen LogP contribution in [-0.4, -0.2) is 36.3 Å². The van der Waals surface area contributed by atoms with Crippen LogP contribution in [0.1, 0.15) is 29.9 Å². The molecule has 0 fully saturated rings. The highest BCUT2D eigenvalue weighted by molar-refractivity contribution is 7.68. The molecule has 0 saturated carbocycles. The van der Waals surface area contributed by atoms with Crippen LogP contribution in [0.5, 0.6) is 0 Å². The molecule has 192 valence electrons. The van der Waals surface area contributed by atoms with Gasteiger partial charge in [0.2, 0.25) is 0 Å². The second-order valence-electron chi connectivity index (χ2n) is 8.42. The van der Waals surface area contributed by atoms with Gasteiger partial charge in [0, 0.05) is 41.4 Å². The first-order valence-electron chi connectivity index (χ1n) is 11.4. The monoisotopic (exact) mass is 557 g/mol. The van der Waals surface area contributed by atoms with Crippen molar-refractivity contribution in [2.75, 3.05) is 17.1 Å². The Bertz CT molecular complexity index is 1430. The van der Waals surface area contributed by atoms with Gasteiger partial charge in [-0.25, -0.2) is 4.79 Å². The number of aromatic carboxylic acids is 1. The standard InChI is InChI=1S/C26H25ClN3O5PS/c1-16(2)30(36(34,35-3)20-12-8-18(27)9-13-20)22-15-23(37-24(22)26(32)33)17-6-10-19(11-7-17)29-25(31)21-5-4-14-28-21/h5-16H,4H2,1-3H3,(H,29,31)(H,32,33). The van der Waals surface area contributed by atoms with Gasteiger partial charge in [-0.3, -0.25) is 19.0 Å². The number of carbonyl (C=O) groups excluding carboxylic acids is 1. The molecule has 11 heteroatoms. The summed E-state index contributed by atoms with van der Waals surface area (Å²) in [6.07, 6.45) is 4.05. The third kappa shape index (κ3) is 5.55. The minimum absolute atomic E-state index is 0.0401. The van der Waals surface area contributed by atoms with E-state index in [1.165, 1.54) is 11.8 Å². The zero-order chi connectivity index (χ0) is 26.7. The van der Waals surface area contributed by atoms with Gasteiger partial charge >= 0.3 is 13.5 Å². The van der Waals surface area contributed by atoms with Gasteiger partial charge in [0.1, 0.15) is 10.6 Å². The number of allylic oxidation sites excluding steroid dienone is 1. The number of hydrogen-bond acceptors (Lipinski definition) is 6. The molecule has 8 nitrogen and oxygen atoms in total. The zero-order valence-corrected chi connectivity index (χ0v) is 22.8. The summed E-state index contributed by atoms with van der Waals surface area (Å²) >= 11 is 7.10. The largest absolute Gasteiger partial charge is 0.477 e. The fourth-order valence-corrected chi connectivity index (χ4v) is 7.35. The summed E-state index contributed by atoms with van der Waals surface area (Å²) in [6.45, 7) is 3.65. The van der Waals surface area contributed by atoms with Crippen molar-refractivity contribution >= 4 is 65.2 Å². The summed E-state index contributed by atoms with van der Waals surface area (Å²) in [5.74, 6) is -1.43. The predicted octanol–water partition coefficient (Wildman–Crippen LogP) is 6.44. The van der Waals surface area contributed by atoms with Crippen molar-refractivity contribution in [3.63, 3.8) is 0 Å². The van der Waals surface area contributed by atoms with Crippen molar-refractivity contribution in [1.29, 1.82) is 0 Å². The Morgan fingerprint density at radius 3 is 2.38 bits per heavy atom. The van der Waals surface area contributed by atoms with Crippen molar-refractivity contribution in [1.82, 2.24) is 0 Å². The van der Waals surface area contributed by atoms with Crippen LogP contribution in [0.3, 0.4) is 0 Å². The Kier molecular flexibility index (Phi) is 7.99. The molecule has 1 unspecified atom stereocenters. The van der Waals surface area contributed by atoms with Crippen molar-refractivity contribution in [2.24, 2.45) is 4.99 Å². The fraction of sp³-hybridized carbons (Fsp3) is 0.192. The molecule has 1 aliphatic heterocycles. The van der Waals surface area contributed by atoms with Crippen LogP contribution < -0.4 is 15.3 Å². The molecule has 0 aliphatic carbocycles. The van der Waals surface area contributed by atoms with E-state index in [4.69, 9.17) is 16.1 Å². The number of nitrogens with zero attached hydrogens (tertiary/aromatic N) is 2. The van der Waals surface area contributed by atoms with Gasteiger partial charge in [0.25, 0.3) is 5.91 Å². The van der Waals surface area contributed by atoms with E-state index < -0.39 is 13.5 Å². The lowest BCUT2D eigenvalue weighted by molar-refractivity contribution is -0.112. The fourth-order valence-electron chi connectivity index (χ4n) is 3.95. The minimum Gasteiger partial charge on any atom is -0.477 e. The van der Waals surface area contributed by atoms with Gasteiger partial charge in [0.05, 0.1) is 11.0 Å². The number of thiophene rings is 1. The second kappa shape index (κ2) is 11.0. The molecule has 4 rings (SSSR count). The molecule has 37 heavy (non-hydrogen) atoms. The maximum atomic E-state index is 14.2. The molecule has 2 aromatic carbocycles. The lowest BCUT2D eigenvalue weighted by Crippen LogP contribution is -2.33. The van der Waals surface area contributed by atoms with Crippen molar-refractivity contribution < 1.29 is 23.8 Å². The minimum atomic E-state index is -3.69. The molecule has 0 saturated heterocycles. The molecule has 1 amide bonds. The quantitative estimate of drug-likeness (QED) is 0.293. The zero-order valence-electron chi connectivity index (χ0n) is 20.3. The SMILES string of the molecule is COP(=O)(c1ccc(Cl)cc1)N(c1cc(-c2ccc(NC(=O)C3=CCC=N3)cc2)sc1C(=O)O)C(C)C. The molecule has 3 aromatic rings. The van der Waals surface area contributed by atoms with E-state index in [1.807, 2.05) is 13.8 Å². The normalized spacial score (nSPS) is 14.4. The van der Waals surface area contributed by atoms with Crippen LogP contribution in [0.15, 0.2) is 71.4 Å². The molecule has 2 heterocycles. The van der Waals surface area contributed by atoms with E-state index >= 15 is 0 Å². The van der Waals surface area contributed by atoms with Gasteiger partial charge in [-0.05, 0) is 68.0 Å². The molecule has 1 aliphatic rings. The summed E-state index contributed by atoms with van der Waals surface area (Å²) < 4.78 is 21.3. The Balaban J connectivity index is 1.70. The molecule has 2 N–H and O–H groups in total. The molecule has 0 spiro atoms. The average Bonchev–Trinajstić information content (AvgIpc) is 3.56. The second-order valence-corrected chi connectivity index (χ2v) is 12.3.